The second kappa shape index (κ2) is 7.25. The maximum Gasteiger partial charge on any atom is 0.221 e. The van der Waals surface area contributed by atoms with Crippen LogP contribution in [0.4, 0.5) is 0 Å². The molecule has 0 unspecified atom stereocenters. The van der Waals surface area contributed by atoms with Gasteiger partial charge < -0.3 is 15.4 Å². The van der Waals surface area contributed by atoms with Crippen molar-refractivity contribution in [1.82, 2.24) is 10.6 Å². The van der Waals surface area contributed by atoms with Crippen LogP contribution in [0.15, 0.2) is 0 Å². The first-order valence-corrected chi connectivity index (χ1v) is 7.77. The number of rotatable bonds is 8. The second-order valence-electron chi connectivity index (χ2n) is 6.14. The molecule has 0 aliphatic heterocycles. The summed E-state index contributed by atoms with van der Waals surface area (Å²) in [5, 5.41) is 6.36. The Hall–Kier alpha value is -0.610. The van der Waals surface area contributed by atoms with Crippen LogP contribution in [0, 0.1) is 5.92 Å². The lowest BCUT2D eigenvalue weighted by atomic mass is 9.79. The topological polar surface area (TPSA) is 50.4 Å². The van der Waals surface area contributed by atoms with E-state index in [9.17, 15) is 4.79 Å². The Morgan fingerprint density at radius 3 is 2.63 bits per heavy atom. The van der Waals surface area contributed by atoms with Crippen LogP contribution >= 0.6 is 0 Å². The molecule has 19 heavy (non-hydrogen) atoms. The Morgan fingerprint density at radius 1 is 1.26 bits per heavy atom. The van der Waals surface area contributed by atoms with Crippen molar-refractivity contribution in [3.05, 3.63) is 0 Å². The monoisotopic (exact) mass is 268 g/mol. The van der Waals surface area contributed by atoms with Crippen LogP contribution in [0.25, 0.3) is 0 Å². The molecule has 4 nitrogen and oxygen atoms in total. The van der Waals surface area contributed by atoms with Crippen molar-refractivity contribution >= 4 is 5.91 Å². The average molecular weight is 268 g/mol. The SMILES string of the molecule is CNC1(CC(=O)NCCOCC2CC2)CCCCC1. The quantitative estimate of drug-likeness (QED) is 0.660. The Labute approximate surface area is 116 Å². The van der Waals surface area contributed by atoms with Crippen molar-refractivity contribution in [2.24, 2.45) is 5.92 Å². The maximum absolute atomic E-state index is 12.0. The fourth-order valence-corrected chi connectivity index (χ4v) is 2.91. The summed E-state index contributed by atoms with van der Waals surface area (Å²) in [7, 11) is 1.98. The van der Waals surface area contributed by atoms with Crippen molar-refractivity contribution in [1.29, 1.82) is 0 Å². The minimum atomic E-state index is 0.0389. The van der Waals surface area contributed by atoms with Gasteiger partial charge in [-0.2, -0.15) is 0 Å². The molecule has 2 saturated carbocycles. The predicted molar refractivity (Wildman–Crippen MR) is 76.0 cm³/mol. The zero-order valence-corrected chi connectivity index (χ0v) is 12.2. The number of amides is 1. The summed E-state index contributed by atoms with van der Waals surface area (Å²) in [6, 6.07) is 0. The molecule has 0 saturated heterocycles. The van der Waals surface area contributed by atoms with Crippen LogP contribution in [-0.2, 0) is 9.53 Å². The molecule has 2 fully saturated rings. The van der Waals surface area contributed by atoms with Gasteiger partial charge in [0.15, 0.2) is 0 Å². The highest BCUT2D eigenvalue weighted by Crippen LogP contribution is 2.30. The third kappa shape index (κ3) is 5.11. The minimum absolute atomic E-state index is 0.0389. The van der Waals surface area contributed by atoms with E-state index in [2.05, 4.69) is 10.6 Å². The molecule has 0 heterocycles. The Morgan fingerprint density at radius 2 is 2.00 bits per heavy atom. The van der Waals surface area contributed by atoms with Gasteiger partial charge in [0, 0.05) is 25.1 Å². The van der Waals surface area contributed by atoms with Gasteiger partial charge in [-0.05, 0) is 38.6 Å². The highest BCUT2D eigenvalue weighted by atomic mass is 16.5. The summed E-state index contributed by atoms with van der Waals surface area (Å²) in [6.45, 7) is 2.16. The standard InChI is InChI=1S/C15H28N2O2/c1-16-15(7-3-2-4-8-15)11-14(18)17-9-10-19-12-13-5-6-13/h13,16H,2-12H2,1H3,(H,17,18). The summed E-state index contributed by atoms with van der Waals surface area (Å²) >= 11 is 0. The van der Waals surface area contributed by atoms with Crippen molar-refractivity contribution in [3.63, 3.8) is 0 Å². The summed E-state index contributed by atoms with van der Waals surface area (Å²) < 4.78 is 5.52. The van der Waals surface area contributed by atoms with Crippen molar-refractivity contribution in [3.8, 4) is 0 Å². The minimum Gasteiger partial charge on any atom is -0.379 e. The molecule has 0 bridgehead atoms. The fourth-order valence-electron chi connectivity index (χ4n) is 2.91. The first kappa shape index (κ1) is 14.8. The van der Waals surface area contributed by atoms with Crippen LogP contribution in [-0.4, -0.2) is 38.3 Å². The predicted octanol–water partition coefficient (Wildman–Crippen LogP) is 1.84. The van der Waals surface area contributed by atoms with E-state index in [-0.39, 0.29) is 11.4 Å². The zero-order valence-electron chi connectivity index (χ0n) is 12.2. The molecular formula is C15H28N2O2. The third-order valence-corrected chi connectivity index (χ3v) is 4.46. The van der Waals surface area contributed by atoms with Gasteiger partial charge in [-0.25, -0.2) is 0 Å². The average Bonchev–Trinajstić information content (AvgIpc) is 3.23. The molecule has 0 aromatic heterocycles. The molecule has 1 amide bonds. The molecule has 0 radical (unpaired) electrons. The molecule has 2 N–H and O–H groups in total. The van der Waals surface area contributed by atoms with E-state index >= 15 is 0 Å². The molecule has 2 aliphatic carbocycles. The molecule has 0 aromatic rings. The number of nitrogens with one attached hydrogen (secondary N) is 2. The van der Waals surface area contributed by atoms with Crippen molar-refractivity contribution < 1.29 is 9.53 Å². The van der Waals surface area contributed by atoms with Crippen LogP contribution in [0.1, 0.15) is 51.4 Å². The molecule has 2 aliphatic rings. The van der Waals surface area contributed by atoms with Gasteiger partial charge in [-0.3, -0.25) is 4.79 Å². The summed E-state index contributed by atoms with van der Waals surface area (Å²) in [5.74, 6) is 0.955. The van der Waals surface area contributed by atoms with E-state index in [1.807, 2.05) is 7.05 Å². The van der Waals surface area contributed by atoms with E-state index in [1.54, 1.807) is 0 Å². The van der Waals surface area contributed by atoms with Gasteiger partial charge in [-0.15, -0.1) is 0 Å². The van der Waals surface area contributed by atoms with Crippen molar-refractivity contribution in [2.45, 2.75) is 56.9 Å². The first-order chi connectivity index (χ1) is 9.24. The second-order valence-corrected chi connectivity index (χ2v) is 6.14. The normalized spacial score (nSPS) is 22.2. The molecule has 0 spiro atoms. The van der Waals surface area contributed by atoms with Gasteiger partial charge in [0.05, 0.1) is 6.61 Å². The Balaban J connectivity index is 1.58. The number of hydrogen-bond acceptors (Lipinski definition) is 3. The van der Waals surface area contributed by atoms with Crippen molar-refractivity contribution in [2.75, 3.05) is 26.8 Å². The highest BCUT2D eigenvalue weighted by molar-refractivity contribution is 5.77. The molecule has 2 rings (SSSR count). The van der Waals surface area contributed by atoms with Crippen LogP contribution in [0.2, 0.25) is 0 Å². The molecule has 110 valence electrons. The lowest BCUT2D eigenvalue weighted by molar-refractivity contribution is -0.123. The zero-order chi connectivity index (χ0) is 13.6. The summed E-state index contributed by atoms with van der Waals surface area (Å²) in [4.78, 5) is 12.0. The van der Waals surface area contributed by atoms with Gasteiger partial charge in [-0.1, -0.05) is 19.3 Å². The van der Waals surface area contributed by atoms with Crippen LogP contribution in [0.3, 0.4) is 0 Å². The van der Waals surface area contributed by atoms with Crippen LogP contribution in [0.5, 0.6) is 0 Å². The molecule has 0 aromatic carbocycles. The fraction of sp³-hybridized carbons (Fsp3) is 0.933. The van der Waals surface area contributed by atoms with Gasteiger partial charge in [0.25, 0.3) is 0 Å². The Kier molecular flexibility index (Phi) is 5.64. The van der Waals surface area contributed by atoms with E-state index in [4.69, 9.17) is 4.74 Å². The third-order valence-electron chi connectivity index (χ3n) is 4.46. The smallest absolute Gasteiger partial charge is 0.221 e. The van der Waals surface area contributed by atoms with Crippen LogP contribution < -0.4 is 10.6 Å². The first-order valence-electron chi connectivity index (χ1n) is 7.77. The van der Waals surface area contributed by atoms with Gasteiger partial charge in [0.1, 0.15) is 0 Å². The molecule has 0 atom stereocenters. The number of carbonyl (C=O) groups is 1. The number of carbonyl (C=O) groups excluding carboxylic acids is 1. The highest BCUT2D eigenvalue weighted by Gasteiger charge is 2.32. The summed E-state index contributed by atoms with van der Waals surface area (Å²) in [6.07, 6.45) is 9.25. The van der Waals surface area contributed by atoms with E-state index < -0.39 is 0 Å². The summed E-state index contributed by atoms with van der Waals surface area (Å²) in [5.41, 5.74) is 0.0389. The van der Waals surface area contributed by atoms with E-state index in [0.29, 0.717) is 19.6 Å². The lowest BCUT2D eigenvalue weighted by Gasteiger charge is -2.36. The number of hydrogen-bond donors (Lipinski definition) is 2. The molecule has 4 heteroatoms. The molecular weight excluding hydrogens is 240 g/mol. The van der Waals surface area contributed by atoms with Gasteiger partial charge in [0.2, 0.25) is 5.91 Å². The maximum atomic E-state index is 12.0. The van der Waals surface area contributed by atoms with Gasteiger partial charge >= 0.3 is 0 Å². The van der Waals surface area contributed by atoms with E-state index in [1.165, 1.54) is 32.1 Å². The van der Waals surface area contributed by atoms with E-state index in [0.717, 1.165) is 25.4 Å². The largest absolute Gasteiger partial charge is 0.379 e. The lowest BCUT2D eigenvalue weighted by Crippen LogP contribution is -2.48. The Bertz CT molecular complexity index is 284. The number of ether oxygens (including phenoxy) is 1.